The van der Waals surface area contributed by atoms with Gasteiger partial charge in [-0.3, -0.25) is 0 Å². The number of hydrogen-bond acceptors (Lipinski definition) is 9. The largest absolute Gasteiger partial charge is 0.431 e. The lowest BCUT2D eigenvalue weighted by molar-refractivity contribution is -0.343. The van der Waals surface area contributed by atoms with Gasteiger partial charge in [-0.15, -0.1) is 0 Å². The Kier molecular flexibility index (Phi) is 24.2. The van der Waals surface area contributed by atoms with Gasteiger partial charge >= 0.3 is 12.4 Å². The molecule has 0 saturated carbocycles. The molecule has 0 aromatic rings. The van der Waals surface area contributed by atoms with Crippen molar-refractivity contribution in [2.45, 2.75) is 43.7 Å². The van der Waals surface area contributed by atoms with E-state index in [1.54, 1.807) is 0 Å². The maximum Gasteiger partial charge on any atom is 0.431 e. The standard InChI is InChI=1S/C24H43F7O9/c25-22(23(26,27)28,24(29,30)31)4-2-1-3-6-33-8-10-35-12-14-37-16-18-39-20-21-40-19-17-38-15-13-36-11-9-34-7-5-32/h32H,1-21H2. The van der Waals surface area contributed by atoms with Crippen molar-refractivity contribution in [1.82, 2.24) is 0 Å². The molecule has 9 nitrogen and oxygen atoms in total. The molecule has 0 aliphatic heterocycles. The number of halogens is 7. The summed E-state index contributed by atoms with van der Waals surface area (Å²) in [6.07, 6.45) is -14.1. The minimum absolute atomic E-state index is 0.00848. The maximum absolute atomic E-state index is 13.5. The first-order valence-electron chi connectivity index (χ1n) is 13.1. The van der Waals surface area contributed by atoms with Crippen LogP contribution < -0.4 is 0 Å². The first kappa shape index (κ1) is 39.1. The van der Waals surface area contributed by atoms with E-state index in [0.29, 0.717) is 85.9 Å². The van der Waals surface area contributed by atoms with E-state index in [9.17, 15) is 30.7 Å². The molecule has 0 rings (SSSR count). The van der Waals surface area contributed by atoms with Crippen LogP contribution in [0.4, 0.5) is 30.7 Å². The van der Waals surface area contributed by atoms with E-state index in [-0.39, 0.29) is 39.3 Å². The van der Waals surface area contributed by atoms with Gasteiger partial charge in [0.2, 0.25) is 0 Å². The van der Waals surface area contributed by atoms with E-state index >= 15 is 0 Å². The van der Waals surface area contributed by atoms with Crippen molar-refractivity contribution >= 4 is 0 Å². The molecule has 242 valence electrons. The van der Waals surface area contributed by atoms with Crippen LogP contribution in [-0.4, -0.2) is 135 Å². The monoisotopic (exact) mass is 608 g/mol. The SMILES string of the molecule is OCCOCCOCCOCCOCCOCCOCCOCCOCCCCCC(F)(C(F)(F)F)C(F)(F)F. The Bertz CT molecular complexity index is 542. The quantitative estimate of drug-likeness (QED) is 0.101. The van der Waals surface area contributed by atoms with Crippen LogP contribution in [-0.2, 0) is 37.9 Å². The molecule has 0 aliphatic carbocycles. The number of hydrogen-bond donors (Lipinski definition) is 1. The van der Waals surface area contributed by atoms with Crippen LogP contribution in [0.2, 0.25) is 0 Å². The number of unbranched alkanes of at least 4 members (excludes halogenated alkanes) is 2. The van der Waals surface area contributed by atoms with Crippen molar-refractivity contribution in [2.75, 3.05) is 112 Å². The molecule has 0 saturated heterocycles. The zero-order valence-corrected chi connectivity index (χ0v) is 22.7. The molecular weight excluding hydrogens is 565 g/mol. The molecule has 0 heterocycles. The van der Waals surface area contributed by atoms with Crippen molar-refractivity contribution in [3.8, 4) is 0 Å². The van der Waals surface area contributed by atoms with Crippen LogP contribution in [0, 0.1) is 0 Å². The number of aliphatic hydroxyl groups is 1. The molecule has 0 radical (unpaired) electrons. The predicted molar refractivity (Wildman–Crippen MR) is 128 cm³/mol. The highest BCUT2D eigenvalue weighted by molar-refractivity contribution is 4.94. The van der Waals surface area contributed by atoms with Gasteiger partial charge in [-0.05, 0) is 19.3 Å². The summed E-state index contributed by atoms with van der Waals surface area (Å²) in [6, 6.07) is 0. The van der Waals surface area contributed by atoms with Gasteiger partial charge in [-0.25, -0.2) is 4.39 Å². The second-order valence-electron chi connectivity index (χ2n) is 8.23. The molecule has 0 amide bonds. The minimum atomic E-state index is -6.00. The second kappa shape index (κ2) is 24.7. The summed E-state index contributed by atoms with van der Waals surface area (Å²) in [6.45, 7) is 5.72. The summed E-state index contributed by atoms with van der Waals surface area (Å²) < 4.78 is 130. The average molecular weight is 609 g/mol. The van der Waals surface area contributed by atoms with Gasteiger partial charge in [0.15, 0.2) is 0 Å². The minimum Gasteiger partial charge on any atom is -0.394 e. The third-order valence-electron chi connectivity index (χ3n) is 5.05. The fourth-order valence-corrected chi connectivity index (χ4v) is 2.90. The van der Waals surface area contributed by atoms with Gasteiger partial charge in [-0.1, -0.05) is 6.42 Å². The third kappa shape index (κ3) is 20.9. The molecule has 16 heteroatoms. The topological polar surface area (TPSA) is 94.1 Å². The maximum atomic E-state index is 13.5. The Morgan fingerprint density at radius 1 is 0.350 bits per heavy atom. The molecule has 40 heavy (non-hydrogen) atoms. The van der Waals surface area contributed by atoms with E-state index in [1.807, 2.05) is 0 Å². The molecule has 0 aromatic heterocycles. The summed E-state index contributed by atoms with van der Waals surface area (Å²) in [5.41, 5.74) is -5.19. The van der Waals surface area contributed by atoms with Crippen LogP contribution in [0.25, 0.3) is 0 Å². The number of rotatable bonds is 29. The van der Waals surface area contributed by atoms with E-state index in [1.165, 1.54) is 0 Å². The molecule has 0 atom stereocenters. The summed E-state index contributed by atoms with van der Waals surface area (Å²) in [5.74, 6) is 0. The van der Waals surface area contributed by atoms with E-state index in [2.05, 4.69) is 0 Å². The Hall–Kier alpha value is -0.850. The number of alkyl halides is 7. The summed E-state index contributed by atoms with van der Waals surface area (Å²) >= 11 is 0. The summed E-state index contributed by atoms with van der Waals surface area (Å²) in [5, 5.41) is 8.54. The fourth-order valence-electron chi connectivity index (χ4n) is 2.90. The van der Waals surface area contributed by atoms with Crippen molar-refractivity contribution in [1.29, 1.82) is 0 Å². The van der Waals surface area contributed by atoms with Crippen molar-refractivity contribution in [2.24, 2.45) is 0 Å². The average Bonchev–Trinajstić information content (AvgIpc) is 2.88. The Balaban J connectivity index is 3.30. The molecular formula is C24H43F7O9. The van der Waals surface area contributed by atoms with Gasteiger partial charge < -0.3 is 43.0 Å². The smallest absolute Gasteiger partial charge is 0.394 e. The van der Waals surface area contributed by atoms with Crippen molar-refractivity contribution < 1.29 is 73.7 Å². The Morgan fingerprint density at radius 2 is 0.625 bits per heavy atom. The zero-order chi connectivity index (χ0) is 30.0. The van der Waals surface area contributed by atoms with E-state index in [4.69, 9.17) is 43.0 Å². The van der Waals surface area contributed by atoms with Crippen LogP contribution in [0.15, 0.2) is 0 Å². The van der Waals surface area contributed by atoms with Crippen molar-refractivity contribution in [3.05, 3.63) is 0 Å². The normalized spacial score (nSPS) is 12.9. The van der Waals surface area contributed by atoms with Gasteiger partial charge in [0, 0.05) is 6.61 Å². The first-order chi connectivity index (χ1) is 19.1. The molecule has 0 spiro atoms. The lowest BCUT2D eigenvalue weighted by Crippen LogP contribution is -2.53. The Labute approximate surface area is 230 Å². The molecule has 0 fully saturated rings. The highest BCUT2D eigenvalue weighted by Crippen LogP contribution is 2.49. The van der Waals surface area contributed by atoms with Crippen LogP contribution in [0.1, 0.15) is 25.7 Å². The number of aliphatic hydroxyl groups excluding tert-OH is 1. The van der Waals surface area contributed by atoms with Crippen LogP contribution in [0.3, 0.4) is 0 Å². The van der Waals surface area contributed by atoms with Gasteiger partial charge in [0.25, 0.3) is 5.67 Å². The fraction of sp³-hybridized carbons (Fsp3) is 1.00. The highest BCUT2D eigenvalue weighted by Gasteiger charge is 2.71. The lowest BCUT2D eigenvalue weighted by atomic mass is 9.96. The molecule has 0 bridgehead atoms. The molecule has 1 N–H and O–H groups in total. The second-order valence-corrected chi connectivity index (χ2v) is 8.23. The highest BCUT2D eigenvalue weighted by atomic mass is 19.4. The predicted octanol–water partition coefficient (Wildman–Crippen LogP) is 3.50. The van der Waals surface area contributed by atoms with Crippen molar-refractivity contribution in [3.63, 3.8) is 0 Å². The molecule has 0 unspecified atom stereocenters. The van der Waals surface area contributed by atoms with E-state index < -0.39 is 30.9 Å². The molecule has 0 aromatic carbocycles. The molecule has 0 aliphatic rings. The van der Waals surface area contributed by atoms with Gasteiger partial charge in [-0.2, -0.15) is 26.3 Å². The zero-order valence-electron chi connectivity index (χ0n) is 22.7. The summed E-state index contributed by atoms with van der Waals surface area (Å²) in [4.78, 5) is 0. The van der Waals surface area contributed by atoms with Crippen LogP contribution in [0.5, 0.6) is 0 Å². The van der Waals surface area contributed by atoms with Crippen LogP contribution >= 0.6 is 0 Å². The number of ether oxygens (including phenoxy) is 8. The van der Waals surface area contributed by atoms with Gasteiger partial charge in [0.1, 0.15) is 0 Å². The lowest BCUT2D eigenvalue weighted by Gasteiger charge is -2.29. The summed E-state index contributed by atoms with van der Waals surface area (Å²) in [7, 11) is 0. The third-order valence-corrected chi connectivity index (χ3v) is 5.05. The van der Waals surface area contributed by atoms with E-state index in [0.717, 1.165) is 0 Å². The van der Waals surface area contributed by atoms with Gasteiger partial charge in [0.05, 0.1) is 106 Å². The Morgan fingerprint density at radius 3 is 0.900 bits per heavy atom. The first-order valence-corrected chi connectivity index (χ1v) is 13.1.